The van der Waals surface area contributed by atoms with Crippen LogP contribution >= 0.6 is 0 Å². The zero-order valence-electron chi connectivity index (χ0n) is 20.5. The van der Waals surface area contributed by atoms with Crippen molar-refractivity contribution in [2.75, 3.05) is 0 Å². The number of ether oxygens (including phenoxy) is 1. The van der Waals surface area contributed by atoms with Gasteiger partial charge in [0.1, 0.15) is 23.0 Å². The SMILES string of the molecule is O=C(C=Cc1ccco1)Oc1ccc(C=NNC(=O)C(=Cc2ccccc2O)NC(=O)c2ccccc2)cc1. The van der Waals surface area contributed by atoms with E-state index in [2.05, 4.69) is 15.8 Å². The molecule has 0 atom stereocenters. The maximum atomic E-state index is 12.9. The topological polar surface area (TPSA) is 130 Å². The number of hydrogen-bond acceptors (Lipinski definition) is 7. The third kappa shape index (κ3) is 7.89. The largest absolute Gasteiger partial charge is 0.507 e. The normalized spacial score (nSPS) is 11.4. The Labute approximate surface area is 223 Å². The minimum Gasteiger partial charge on any atom is -0.507 e. The van der Waals surface area contributed by atoms with Crippen LogP contribution in [0.4, 0.5) is 0 Å². The Hall–Kier alpha value is -5.70. The number of amides is 2. The van der Waals surface area contributed by atoms with E-state index in [4.69, 9.17) is 9.15 Å². The summed E-state index contributed by atoms with van der Waals surface area (Å²) in [5.41, 5.74) is 3.55. The number of hydrazone groups is 1. The quantitative estimate of drug-likeness (QED) is 0.0976. The molecule has 4 aromatic rings. The first-order valence-electron chi connectivity index (χ1n) is 11.7. The number of esters is 1. The summed E-state index contributed by atoms with van der Waals surface area (Å²) in [7, 11) is 0. The standard InChI is InChI=1S/C30H23N3O6/c34-27-11-5-4-9-23(27)19-26(32-29(36)22-7-2-1-3-8-22)30(37)33-31-20-21-12-14-25(15-13-21)39-28(35)17-16-24-10-6-18-38-24/h1-20,34H,(H,32,36)(H,33,37). The molecule has 9 heteroatoms. The molecule has 3 N–H and O–H groups in total. The highest BCUT2D eigenvalue weighted by atomic mass is 16.5. The molecule has 4 rings (SSSR count). The van der Waals surface area contributed by atoms with Gasteiger partial charge in [-0.25, -0.2) is 10.2 Å². The maximum absolute atomic E-state index is 12.9. The van der Waals surface area contributed by atoms with E-state index in [9.17, 15) is 19.5 Å². The maximum Gasteiger partial charge on any atom is 0.336 e. The van der Waals surface area contributed by atoms with E-state index in [-0.39, 0.29) is 11.4 Å². The summed E-state index contributed by atoms with van der Waals surface area (Å²) >= 11 is 0. The molecule has 3 aromatic carbocycles. The third-order valence-electron chi connectivity index (χ3n) is 5.17. The zero-order chi connectivity index (χ0) is 27.5. The van der Waals surface area contributed by atoms with E-state index < -0.39 is 17.8 Å². The number of benzene rings is 3. The number of phenols is 1. The van der Waals surface area contributed by atoms with Gasteiger partial charge in [-0.3, -0.25) is 9.59 Å². The molecular formula is C30H23N3O6. The van der Waals surface area contributed by atoms with Gasteiger partial charge in [0.05, 0.1) is 12.5 Å². The summed E-state index contributed by atoms with van der Waals surface area (Å²) in [6, 6.07) is 24.6. The molecule has 0 bridgehead atoms. The number of carbonyl (C=O) groups excluding carboxylic acids is 3. The smallest absolute Gasteiger partial charge is 0.336 e. The molecule has 9 nitrogen and oxygen atoms in total. The van der Waals surface area contributed by atoms with Crippen LogP contribution < -0.4 is 15.5 Å². The van der Waals surface area contributed by atoms with Crippen LogP contribution in [0.5, 0.6) is 11.5 Å². The molecule has 0 aliphatic carbocycles. The molecule has 0 spiro atoms. The summed E-state index contributed by atoms with van der Waals surface area (Å²) in [5.74, 6) is -0.979. The van der Waals surface area contributed by atoms with Gasteiger partial charge in [-0.05, 0) is 72.3 Å². The van der Waals surface area contributed by atoms with Crippen LogP contribution in [0.15, 0.2) is 119 Å². The minimum absolute atomic E-state index is 0.0579. The fourth-order valence-electron chi connectivity index (χ4n) is 3.24. The van der Waals surface area contributed by atoms with Gasteiger partial charge in [0.25, 0.3) is 11.8 Å². The molecule has 0 radical (unpaired) electrons. The Morgan fingerprint density at radius 3 is 2.33 bits per heavy atom. The summed E-state index contributed by atoms with van der Waals surface area (Å²) in [4.78, 5) is 37.5. The third-order valence-corrected chi connectivity index (χ3v) is 5.17. The predicted octanol–water partition coefficient (Wildman–Crippen LogP) is 4.53. The van der Waals surface area contributed by atoms with E-state index in [0.717, 1.165) is 0 Å². The number of carbonyl (C=O) groups is 3. The van der Waals surface area contributed by atoms with Gasteiger partial charge >= 0.3 is 5.97 Å². The number of rotatable bonds is 9. The van der Waals surface area contributed by atoms with E-state index >= 15 is 0 Å². The van der Waals surface area contributed by atoms with E-state index in [0.29, 0.717) is 28.2 Å². The lowest BCUT2D eigenvalue weighted by Gasteiger charge is -2.09. The van der Waals surface area contributed by atoms with E-state index in [1.165, 1.54) is 36.8 Å². The van der Waals surface area contributed by atoms with Gasteiger partial charge in [-0.2, -0.15) is 5.10 Å². The second-order valence-corrected chi connectivity index (χ2v) is 7.97. The highest BCUT2D eigenvalue weighted by Gasteiger charge is 2.15. The lowest BCUT2D eigenvalue weighted by atomic mass is 10.1. The first-order valence-corrected chi connectivity index (χ1v) is 11.7. The Kier molecular flexibility index (Phi) is 8.80. The number of hydrogen-bond donors (Lipinski definition) is 3. The fourth-order valence-corrected chi connectivity index (χ4v) is 3.24. The molecule has 0 saturated carbocycles. The molecule has 39 heavy (non-hydrogen) atoms. The van der Waals surface area contributed by atoms with Gasteiger partial charge < -0.3 is 19.6 Å². The van der Waals surface area contributed by atoms with Crippen molar-refractivity contribution in [1.29, 1.82) is 0 Å². The van der Waals surface area contributed by atoms with E-state index in [1.54, 1.807) is 84.9 Å². The van der Waals surface area contributed by atoms with Crippen LogP contribution in [-0.4, -0.2) is 29.1 Å². The van der Waals surface area contributed by atoms with Crippen LogP contribution in [0.25, 0.3) is 12.2 Å². The Morgan fingerprint density at radius 2 is 1.62 bits per heavy atom. The molecule has 0 saturated heterocycles. The van der Waals surface area contributed by atoms with Crippen LogP contribution in [0, 0.1) is 0 Å². The summed E-state index contributed by atoms with van der Waals surface area (Å²) < 4.78 is 10.4. The lowest BCUT2D eigenvalue weighted by Crippen LogP contribution is -2.32. The van der Waals surface area contributed by atoms with Gasteiger partial charge in [-0.1, -0.05) is 36.4 Å². The second-order valence-electron chi connectivity index (χ2n) is 7.97. The molecule has 0 aliphatic heterocycles. The first kappa shape index (κ1) is 26.4. The minimum atomic E-state index is -0.701. The van der Waals surface area contributed by atoms with Crippen molar-refractivity contribution in [3.63, 3.8) is 0 Å². The number of aromatic hydroxyl groups is 1. The summed E-state index contributed by atoms with van der Waals surface area (Å²) in [6.45, 7) is 0. The molecule has 194 valence electrons. The van der Waals surface area contributed by atoms with Crippen LogP contribution in [-0.2, 0) is 9.59 Å². The molecule has 2 amide bonds. The van der Waals surface area contributed by atoms with Crippen molar-refractivity contribution in [3.8, 4) is 11.5 Å². The fraction of sp³-hybridized carbons (Fsp3) is 0. The average molecular weight is 522 g/mol. The van der Waals surface area contributed by atoms with Gasteiger partial charge in [0, 0.05) is 17.2 Å². The number of para-hydroxylation sites is 1. The number of phenolic OH excluding ortho intramolecular Hbond substituents is 1. The highest BCUT2D eigenvalue weighted by Crippen LogP contribution is 2.19. The van der Waals surface area contributed by atoms with Gasteiger partial charge in [-0.15, -0.1) is 0 Å². The second kappa shape index (κ2) is 13.0. The summed E-state index contributed by atoms with van der Waals surface area (Å²) in [5, 5.41) is 16.6. The molecule has 1 heterocycles. The van der Waals surface area contributed by atoms with Gasteiger partial charge in [0.15, 0.2) is 0 Å². The molecule has 1 aromatic heterocycles. The number of nitrogens with zero attached hydrogens (tertiary/aromatic N) is 1. The van der Waals surface area contributed by atoms with E-state index in [1.807, 2.05) is 0 Å². The van der Waals surface area contributed by atoms with Crippen molar-refractivity contribution in [3.05, 3.63) is 131 Å². The molecule has 0 unspecified atom stereocenters. The first-order chi connectivity index (χ1) is 19.0. The van der Waals surface area contributed by atoms with Crippen molar-refractivity contribution in [2.45, 2.75) is 0 Å². The molecule has 0 aliphatic rings. The van der Waals surface area contributed by atoms with Crippen molar-refractivity contribution in [2.24, 2.45) is 5.10 Å². The molecule has 0 fully saturated rings. The van der Waals surface area contributed by atoms with Crippen LogP contribution in [0.2, 0.25) is 0 Å². The van der Waals surface area contributed by atoms with Crippen molar-refractivity contribution >= 4 is 36.2 Å². The Morgan fingerprint density at radius 1 is 0.872 bits per heavy atom. The Bertz CT molecular complexity index is 1520. The summed E-state index contributed by atoms with van der Waals surface area (Å²) in [6.07, 6.45) is 6.98. The van der Waals surface area contributed by atoms with Gasteiger partial charge in [0.2, 0.25) is 0 Å². The number of furan rings is 1. The van der Waals surface area contributed by atoms with Crippen molar-refractivity contribution < 1.29 is 28.6 Å². The average Bonchev–Trinajstić information content (AvgIpc) is 3.48. The lowest BCUT2D eigenvalue weighted by molar-refractivity contribution is -0.129. The highest BCUT2D eigenvalue weighted by molar-refractivity contribution is 6.05. The molecular weight excluding hydrogens is 498 g/mol. The predicted molar refractivity (Wildman–Crippen MR) is 146 cm³/mol. The Balaban J connectivity index is 1.40. The number of nitrogens with one attached hydrogen (secondary N) is 2. The van der Waals surface area contributed by atoms with Crippen LogP contribution in [0.3, 0.4) is 0 Å². The van der Waals surface area contributed by atoms with Crippen molar-refractivity contribution in [1.82, 2.24) is 10.7 Å². The van der Waals surface area contributed by atoms with Crippen LogP contribution in [0.1, 0.15) is 27.2 Å². The zero-order valence-corrected chi connectivity index (χ0v) is 20.5. The monoisotopic (exact) mass is 521 g/mol.